The second-order valence-corrected chi connectivity index (χ2v) is 1.95. The first-order valence-electron chi connectivity index (χ1n) is 1.04. The molecular formula is C2H2Cl2NiO2. The van der Waals surface area contributed by atoms with Gasteiger partial charge in [-0.3, -0.25) is 9.59 Å². The Morgan fingerprint density at radius 3 is 1.29 bits per heavy atom. The van der Waals surface area contributed by atoms with Crippen molar-refractivity contribution < 1.29 is 22.2 Å². The van der Waals surface area contributed by atoms with Gasteiger partial charge in [0.2, 0.25) is 0 Å². The van der Waals surface area contributed by atoms with Crippen LogP contribution in [0.4, 0.5) is 0 Å². The zero-order chi connectivity index (χ0) is 6.12. The third-order valence-electron chi connectivity index (χ3n) is 0.0556. The van der Waals surface area contributed by atoms with E-state index in [2.05, 4.69) is 0 Å². The number of aldehydes is 2. The summed E-state index contributed by atoms with van der Waals surface area (Å²) in [7, 11) is 9.40. The summed E-state index contributed by atoms with van der Waals surface area (Å²) in [5, 5.41) is 0. The topological polar surface area (TPSA) is 34.1 Å². The van der Waals surface area contributed by atoms with E-state index in [4.69, 9.17) is 30.0 Å². The Morgan fingerprint density at radius 1 is 1.14 bits per heavy atom. The molecule has 0 spiro atoms. The first kappa shape index (κ1) is 10.4. The predicted molar refractivity (Wildman–Crippen MR) is 23.8 cm³/mol. The Balaban J connectivity index is 0. The van der Waals surface area contributed by atoms with Crippen molar-refractivity contribution in [1.82, 2.24) is 0 Å². The normalized spacial score (nSPS) is 6.00. The summed E-state index contributed by atoms with van der Waals surface area (Å²) in [5.74, 6) is 0. The molecule has 0 rings (SSSR count). The van der Waals surface area contributed by atoms with Gasteiger partial charge in [-0.25, -0.2) is 0 Å². The maximum atomic E-state index is 8.81. The van der Waals surface area contributed by atoms with E-state index < -0.39 is 0 Å². The Bertz CT molecular complexity index is 43.0. The van der Waals surface area contributed by atoms with Crippen LogP contribution in [0.5, 0.6) is 0 Å². The maximum absolute atomic E-state index is 8.81. The molecule has 0 heterocycles. The van der Waals surface area contributed by atoms with Gasteiger partial charge in [0.25, 0.3) is 0 Å². The first-order chi connectivity index (χ1) is 3.33. The third kappa shape index (κ3) is 62.5. The molecule has 0 amide bonds. The zero-order valence-electron chi connectivity index (χ0n) is 3.04. The van der Waals surface area contributed by atoms with Crippen molar-refractivity contribution in [3.8, 4) is 0 Å². The molecule has 0 unspecified atom stereocenters. The van der Waals surface area contributed by atoms with Crippen LogP contribution >= 0.6 is 20.4 Å². The number of hydrogen-bond acceptors (Lipinski definition) is 2. The number of carbonyl (C=O) groups is 2. The van der Waals surface area contributed by atoms with E-state index in [-0.39, 0.29) is 12.6 Å². The molecule has 0 radical (unpaired) electrons. The van der Waals surface area contributed by atoms with Gasteiger partial charge in [0, 0.05) is 0 Å². The van der Waals surface area contributed by atoms with Crippen LogP contribution in [0.15, 0.2) is 0 Å². The minimum absolute atomic E-state index is 0.194. The van der Waals surface area contributed by atoms with E-state index in [0.717, 1.165) is 0 Å². The van der Waals surface area contributed by atoms with Gasteiger partial charge >= 0.3 is 33.0 Å². The molecule has 5 heteroatoms. The molecule has 0 aromatic rings. The summed E-state index contributed by atoms with van der Waals surface area (Å²) in [6, 6.07) is 0. The molecule has 0 saturated heterocycles. The monoisotopic (exact) mass is 186 g/mol. The Hall–Kier alpha value is 0.414. The summed E-state index contributed by atoms with van der Waals surface area (Å²) in [6.45, 7) is 0. The van der Waals surface area contributed by atoms with Gasteiger partial charge in [-0.05, 0) is 0 Å². The molecule has 0 aromatic heterocycles. The van der Waals surface area contributed by atoms with Crippen LogP contribution in [0.25, 0.3) is 0 Å². The van der Waals surface area contributed by atoms with Crippen molar-refractivity contribution in [3.05, 3.63) is 0 Å². The van der Waals surface area contributed by atoms with Crippen molar-refractivity contribution >= 4 is 33.0 Å². The van der Waals surface area contributed by atoms with Crippen molar-refractivity contribution in [2.75, 3.05) is 0 Å². The van der Waals surface area contributed by atoms with Gasteiger partial charge in [0.05, 0.1) is 0 Å². The van der Waals surface area contributed by atoms with Crippen LogP contribution < -0.4 is 0 Å². The van der Waals surface area contributed by atoms with Crippen LogP contribution in [0.2, 0.25) is 0 Å². The van der Waals surface area contributed by atoms with Crippen molar-refractivity contribution in [2.24, 2.45) is 0 Å². The summed E-state index contributed by atoms with van der Waals surface area (Å²) in [4.78, 5) is 17.6. The molecule has 0 aromatic carbocycles. The zero-order valence-corrected chi connectivity index (χ0v) is 5.54. The van der Waals surface area contributed by atoms with Crippen LogP contribution in [0, 0.1) is 0 Å². The number of halogens is 2. The van der Waals surface area contributed by atoms with Crippen molar-refractivity contribution in [3.63, 3.8) is 0 Å². The second kappa shape index (κ2) is 16.1. The number of hydrogen-bond donors (Lipinski definition) is 0. The SMILES string of the molecule is O=CC=O.[Cl][Ni][Cl]. The Morgan fingerprint density at radius 2 is 1.29 bits per heavy atom. The third-order valence-corrected chi connectivity index (χ3v) is 0.0556. The average Bonchev–Trinajstić information content (AvgIpc) is 1.69. The molecule has 46 valence electrons. The number of carbonyl (C=O) groups excluding carboxylic acids is 2. The quantitative estimate of drug-likeness (QED) is 0.345. The molecule has 0 bridgehead atoms. The summed E-state index contributed by atoms with van der Waals surface area (Å²) >= 11 is 0.569. The fourth-order valence-corrected chi connectivity index (χ4v) is 0. The summed E-state index contributed by atoms with van der Waals surface area (Å²) in [5.41, 5.74) is 0. The van der Waals surface area contributed by atoms with Crippen LogP contribution in [0.1, 0.15) is 0 Å². The van der Waals surface area contributed by atoms with E-state index in [1.165, 1.54) is 0 Å². The fourth-order valence-electron chi connectivity index (χ4n) is 0. The van der Waals surface area contributed by atoms with Crippen LogP contribution in [-0.2, 0) is 22.2 Å². The van der Waals surface area contributed by atoms with E-state index in [9.17, 15) is 0 Å². The standard InChI is InChI=1S/C2H2O2.2ClH.Ni/c3-1-2-4;;;/h1-2H;2*1H;/q;;;+2/p-2. The Kier molecular flexibility index (Phi) is 24.0. The van der Waals surface area contributed by atoms with E-state index in [1.807, 2.05) is 0 Å². The molecule has 0 aliphatic heterocycles. The molecule has 0 aliphatic rings. The number of rotatable bonds is 1. The molecule has 0 fully saturated rings. The van der Waals surface area contributed by atoms with E-state index in [0.29, 0.717) is 12.7 Å². The summed E-state index contributed by atoms with van der Waals surface area (Å²) in [6.07, 6.45) is 0.389. The van der Waals surface area contributed by atoms with Crippen LogP contribution in [-0.4, -0.2) is 12.6 Å². The van der Waals surface area contributed by atoms with Crippen LogP contribution in [0.3, 0.4) is 0 Å². The van der Waals surface area contributed by atoms with Gasteiger partial charge in [-0.15, -0.1) is 0 Å². The molecule has 2 nitrogen and oxygen atoms in total. The van der Waals surface area contributed by atoms with Crippen molar-refractivity contribution in [2.45, 2.75) is 0 Å². The van der Waals surface area contributed by atoms with Crippen molar-refractivity contribution in [1.29, 1.82) is 0 Å². The van der Waals surface area contributed by atoms with E-state index in [1.54, 1.807) is 0 Å². The van der Waals surface area contributed by atoms with Gasteiger partial charge in [-0.2, -0.15) is 0 Å². The van der Waals surface area contributed by atoms with Gasteiger partial charge in [0.15, 0.2) is 12.6 Å². The van der Waals surface area contributed by atoms with E-state index >= 15 is 0 Å². The van der Waals surface area contributed by atoms with Gasteiger partial charge in [0.1, 0.15) is 0 Å². The molecule has 0 atom stereocenters. The molecule has 0 aliphatic carbocycles. The summed E-state index contributed by atoms with van der Waals surface area (Å²) < 4.78 is 0. The molecule has 0 N–H and O–H groups in total. The average molecular weight is 188 g/mol. The first-order valence-corrected chi connectivity index (χ1v) is 3.76. The predicted octanol–water partition coefficient (Wildman–Crippen LogP) is 0.761. The molecule has 7 heavy (non-hydrogen) atoms. The molecular weight excluding hydrogens is 186 g/mol. The fraction of sp³-hybridized carbons (Fsp3) is 0. The van der Waals surface area contributed by atoms with Gasteiger partial charge < -0.3 is 0 Å². The Labute approximate surface area is 55.5 Å². The minimum atomic E-state index is 0.194. The van der Waals surface area contributed by atoms with Gasteiger partial charge in [-0.1, -0.05) is 0 Å². The second-order valence-electron chi connectivity index (χ2n) is 0.317. The molecule has 0 saturated carbocycles.